The molecule has 0 aliphatic heterocycles. The maximum atomic E-state index is 2.61. The van der Waals surface area contributed by atoms with Crippen molar-refractivity contribution in [2.75, 3.05) is 0 Å². The van der Waals surface area contributed by atoms with E-state index < -0.39 is 0 Å². The lowest BCUT2D eigenvalue weighted by Crippen LogP contribution is -2.41. The molecule has 22 heavy (non-hydrogen) atoms. The van der Waals surface area contributed by atoms with E-state index in [1.54, 1.807) is 11.1 Å². The Labute approximate surface area is 139 Å². The van der Waals surface area contributed by atoms with Gasteiger partial charge in [-0.1, -0.05) is 51.5 Å². The highest BCUT2D eigenvalue weighted by molar-refractivity contribution is 5.37. The van der Waals surface area contributed by atoms with Crippen LogP contribution >= 0.6 is 0 Å². The summed E-state index contributed by atoms with van der Waals surface area (Å²) >= 11 is 0. The number of benzene rings is 1. The number of hydrogen-bond donors (Lipinski definition) is 0. The summed E-state index contributed by atoms with van der Waals surface area (Å²) < 4.78 is 0. The lowest BCUT2D eigenvalue weighted by molar-refractivity contribution is 0.0337. The Kier molecular flexibility index (Phi) is 4.40. The SMILES string of the molecule is CC.Cc1ccc2c(c1)CCC1C2CC[C@@]2(C)C1CC[C@@H]2C.[HH]. The van der Waals surface area contributed by atoms with E-state index in [1.165, 1.54) is 44.1 Å². The Balaban J connectivity index is 0.000000617. The van der Waals surface area contributed by atoms with Crippen molar-refractivity contribution < 1.29 is 1.43 Å². The van der Waals surface area contributed by atoms with Crippen LogP contribution in [-0.2, 0) is 6.42 Å². The van der Waals surface area contributed by atoms with Crippen molar-refractivity contribution in [2.24, 2.45) is 23.2 Å². The zero-order valence-electron chi connectivity index (χ0n) is 15.3. The zero-order chi connectivity index (χ0) is 15.9. The lowest BCUT2D eigenvalue weighted by atomic mass is 9.54. The first-order valence-corrected chi connectivity index (χ1v) is 9.69. The lowest BCUT2D eigenvalue weighted by Gasteiger charge is -2.50. The average molecular weight is 301 g/mol. The van der Waals surface area contributed by atoms with Gasteiger partial charge in [0.15, 0.2) is 0 Å². The molecule has 3 aliphatic carbocycles. The van der Waals surface area contributed by atoms with Crippen LogP contribution in [0.1, 0.15) is 83.8 Å². The predicted octanol–water partition coefficient (Wildman–Crippen LogP) is 6.76. The summed E-state index contributed by atoms with van der Waals surface area (Å²) in [6.07, 6.45) is 8.67. The van der Waals surface area contributed by atoms with Gasteiger partial charge in [0.1, 0.15) is 0 Å². The zero-order valence-corrected chi connectivity index (χ0v) is 15.3. The molecule has 0 bridgehead atoms. The van der Waals surface area contributed by atoms with Gasteiger partial charge in [-0.2, -0.15) is 0 Å². The molecule has 5 atom stereocenters. The van der Waals surface area contributed by atoms with Crippen LogP contribution in [0.2, 0.25) is 0 Å². The third-order valence-electron chi connectivity index (χ3n) is 7.36. The second kappa shape index (κ2) is 6.02. The van der Waals surface area contributed by atoms with Gasteiger partial charge >= 0.3 is 0 Å². The molecule has 1 aromatic rings. The van der Waals surface area contributed by atoms with E-state index >= 15 is 0 Å². The first-order chi connectivity index (χ1) is 10.6. The fourth-order valence-electron chi connectivity index (χ4n) is 5.97. The molecule has 0 saturated heterocycles. The molecule has 0 amide bonds. The van der Waals surface area contributed by atoms with E-state index in [1.807, 2.05) is 13.8 Å². The van der Waals surface area contributed by atoms with Crippen molar-refractivity contribution in [3.05, 3.63) is 34.9 Å². The van der Waals surface area contributed by atoms with Crippen LogP contribution in [0.25, 0.3) is 0 Å². The molecule has 0 heterocycles. The molecular formula is C22H36. The Morgan fingerprint density at radius 1 is 1.09 bits per heavy atom. The number of fused-ring (bicyclic) bond motifs is 5. The first kappa shape index (κ1) is 16.1. The van der Waals surface area contributed by atoms with Crippen LogP contribution in [0.15, 0.2) is 18.2 Å². The minimum atomic E-state index is 0. The molecule has 0 heteroatoms. The largest absolute Gasteiger partial charge is 0.0683 e. The third-order valence-corrected chi connectivity index (χ3v) is 7.36. The van der Waals surface area contributed by atoms with Gasteiger partial charge in [0.05, 0.1) is 0 Å². The first-order valence-electron chi connectivity index (χ1n) is 9.69. The van der Waals surface area contributed by atoms with E-state index in [2.05, 4.69) is 39.0 Å². The van der Waals surface area contributed by atoms with Crippen LogP contribution < -0.4 is 0 Å². The van der Waals surface area contributed by atoms with Gasteiger partial charge in [-0.25, -0.2) is 0 Å². The standard InChI is InChI=1S/C20H28.C2H6.H2/c1-13-4-7-16-15(12-13)6-8-18-17(16)10-11-20(3)14(2)5-9-19(18)20;1-2;/h4,7,12,14,17-19H,5-6,8-11H2,1-3H3;1-2H3;1H/t14-,17?,18?,19?,20+;;/m0../s1. The van der Waals surface area contributed by atoms with E-state index in [4.69, 9.17) is 0 Å². The maximum absolute atomic E-state index is 2.61. The van der Waals surface area contributed by atoms with Gasteiger partial charge in [-0.3, -0.25) is 0 Å². The summed E-state index contributed by atoms with van der Waals surface area (Å²) in [5.41, 5.74) is 5.48. The Bertz CT molecular complexity index is 535. The van der Waals surface area contributed by atoms with Gasteiger partial charge in [-0.15, -0.1) is 0 Å². The van der Waals surface area contributed by atoms with Gasteiger partial charge in [0, 0.05) is 1.43 Å². The predicted molar refractivity (Wildman–Crippen MR) is 98.4 cm³/mol. The molecule has 1 aromatic carbocycles. The Morgan fingerprint density at radius 3 is 2.64 bits per heavy atom. The highest BCUT2D eigenvalue weighted by atomic mass is 14.6. The highest BCUT2D eigenvalue weighted by Gasteiger charge is 2.53. The van der Waals surface area contributed by atoms with E-state index in [0.717, 1.165) is 23.7 Å². The summed E-state index contributed by atoms with van der Waals surface area (Å²) in [7, 11) is 0. The van der Waals surface area contributed by atoms with Gasteiger partial charge in [0.25, 0.3) is 0 Å². The van der Waals surface area contributed by atoms with Crippen LogP contribution in [-0.4, -0.2) is 0 Å². The van der Waals surface area contributed by atoms with Crippen LogP contribution in [0.5, 0.6) is 0 Å². The molecule has 0 N–H and O–H groups in total. The van der Waals surface area contributed by atoms with Crippen molar-refractivity contribution in [2.45, 2.75) is 79.1 Å². The maximum Gasteiger partial charge on any atom is 0 e. The third kappa shape index (κ3) is 2.34. The molecular weight excluding hydrogens is 264 g/mol. The monoisotopic (exact) mass is 300 g/mol. The summed E-state index contributed by atoms with van der Waals surface area (Å²) in [5.74, 6) is 3.81. The Morgan fingerprint density at radius 2 is 1.86 bits per heavy atom. The Hall–Kier alpha value is -0.780. The van der Waals surface area contributed by atoms with E-state index in [9.17, 15) is 0 Å². The highest BCUT2D eigenvalue weighted by Crippen LogP contribution is 2.62. The molecule has 124 valence electrons. The second-order valence-electron chi connectivity index (χ2n) is 8.14. The van der Waals surface area contributed by atoms with E-state index in [0.29, 0.717) is 5.41 Å². The summed E-state index contributed by atoms with van der Waals surface area (Å²) in [5, 5.41) is 0. The molecule has 3 unspecified atom stereocenters. The van der Waals surface area contributed by atoms with E-state index in [-0.39, 0.29) is 1.43 Å². The van der Waals surface area contributed by atoms with Crippen molar-refractivity contribution in [3.8, 4) is 0 Å². The van der Waals surface area contributed by atoms with Crippen LogP contribution in [0.3, 0.4) is 0 Å². The smallest absolute Gasteiger partial charge is 0 e. The minimum Gasteiger partial charge on any atom is -0.0683 e. The summed E-state index contributed by atoms with van der Waals surface area (Å²) in [6.45, 7) is 11.4. The number of rotatable bonds is 0. The van der Waals surface area contributed by atoms with Gasteiger partial charge in [-0.05, 0) is 85.7 Å². The summed E-state index contributed by atoms with van der Waals surface area (Å²) in [4.78, 5) is 0. The summed E-state index contributed by atoms with van der Waals surface area (Å²) in [6, 6.07) is 7.26. The normalized spacial score (nSPS) is 39.1. The van der Waals surface area contributed by atoms with Crippen molar-refractivity contribution in [3.63, 3.8) is 0 Å². The fourth-order valence-corrected chi connectivity index (χ4v) is 5.97. The molecule has 2 saturated carbocycles. The van der Waals surface area contributed by atoms with Crippen LogP contribution in [0, 0.1) is 30.1 Å². The molecule has 0 nitrogen and oxygen atoms in total. The number of aryl methyl sites for hydroxylation is 2. The average Bonchev–Trinajstić information content (AvgIpc) is 2.84. The van der Waals surface area contributed by atoms with Gasteiger partial charge < -0.3 is 0 Å². The van der Waals surface area contributed by atoms with Crippen LogP contribution in [0.4, 0.5) is 0 Å². The van der Waals surface area contributed by atoms with Crippen molar-refractivity contribution in [1.29, 1.82) is 0 Å². The molecule has 3 aliphatic rings. The molecule has 4 rings (SSSR count). The van der Waals surface area contributed by atoms with Crippen molar-refractivity contribution >= 4 is 0 Å². The molecule has 0 spiro atoms. The molecule has 0 aromatic heterocycles. The fraction of sp³-hybridized carbons (Fsp3) is 0.727. The molecule has 0 radical (unpaired) electrons. The topological polar surface area (TPSA) is 0 Å². The minimum absolute atomic E-state index is 0. The van der Waals surface area contributed by atoms with Gasteiger partial charge in [0.2, 0.25) is 0 Å². The molecule has 2 fully saturated rings. The number of hydrogen-bond acceptors (Lipinski definition) is 0. The quantitative estimate of drug-likeness (QED) is 0.496. The van der Waals surface area contributed by atoms with Crippen molar-refractivity contribution in [1.82, 2.24) is 0 Å². The second-order valence-corrected chi connectivity index (χ2v) is 8.14.